The summed E-state index contributed by atoms with van der Waals surface area (Å²) in [5, 5.41) is 0. The van der Waals surface area contributed by atoms with Gasteiger partial charge in [0.1, 0.15) is 5.82 Å². The third-order valence-electron chi connectivity index (χ3n) is 4.95. The molecule has 0 saturated heterocycles. The summed E-state index contributed by atoms with van der Waals surface area (Å²) in [6.07, 6.45) is 1.82. The molecule has 0 spiro atoms. The molecule has 4 rings (SSSR count). The number of ether oxygens (including phenoxy) is 2. The third kappa shape index (κ3) is 2.44. The van der Waals surface area contributed by atoms with Crippen molar-refractivity contribution < 1.29 is 9.47 Å². The predicted molar refractivity (Wildman–Crippen MR) is 104 cm³/mol. The van der Waals surface area contributed by atoms with Crippen molar-refractivity contribution in [3.05, 3.63) is 53.6 Å². The summed E-state index contributed by atoms with van der Waals surface area (Å²) in [5.41, 5.74) is 19.4. The van der Waals surface area contributed by atoms with Crippen LogP contribution in [-0.2, 0) is 12.8 Å². The maximum absolute atomic E-state index is 6.36. The molecule has 4 N–H and O–H groups in total. The first-order valence-electron chi connectivity index (χ1n) is 8.52. The Labute approximate surface area is 152 Å². The van der Waals surface area contributed by atoms with E-state index in [0.29, 0.717) is 23.0 Å². The number of fused-ring (bicyclic) bond motifs is 3. The van der Waals surface area contributed by atoms with Crippen LogP contribution in [0.3, 0.4) is 0 Å². The largest absolute Gasteiger partial charge is 0.493 e. The Balaban J connectivity index is 1.98. The topological polar surface area (TPSA) is 83.4 Å². The summed E-state index contributed by atoms with van der Waals surface area (Å²) in [5.74, 6) is 1.69. The van der Waals surface area contributed by atoms with Gasteiger partial charge in [-0.05, 0) is 41.7 Å². The number of hydrogen-bond acceptors (Lipinski definition) is 5. The van der Waals surface area contributed by atoms with E-state index in [-0.39, 0.29) is 0 Å². The van der Waals surface area contributed by atoms with Gasteiger partial charge in [0.15, 0.2) is 11.5 Å². The van der Waals surface area contributed by atoms with Gasteiger partial charge in [-0.2, -0.15) is 0 Å². The van der Waals surface area contributed by atoms with Crippen LogP contribution in [0, 0.1) is 0 Å². The fourth-order valence-electron chi connectivity index (χ4n) is 3.67. The number of aromatic nitrogens is 1. The van der Waals surface area contributed by atoms with Crippen LogP contribution in [-0.4, -0.2) is 19.2 Å². The summed E-state index contributed by atoms with van der Waals surface area (Å²) in [7, 11) is 3.24. The van der Waals surface area contributed by atoms with Gasteiger partial charge in [-0.15, -0.1) is 0 Å². The Morgan fingerprint density at radius 2 is 1.69 bits per heavy atom. The molecule has 5 heteroatoms. The Bertz CT molecular complexity index is 999. The second kappa shape index (κ2) is 6.26. The number of nitrogen functional groups attached to an aromatic ring is 2. The SMILES string of the molecule is COc1ccc(-c2c(N)c(N)nc3c2CCc2ccccc2-3)cc1OC. The second-order valence-corrected chi connectivity index (χ2v) is 6.34. The van der Waals surface area contributed by atoms with Crippen molar-refractivity contribution in [2.24, 2.45) is 0 Å². The van der Waals surface area contributed by atoms with Gasteiger partial charge in [0.05, 0.1) is 25.6 Å². The summed E-state index contributed by atoms with van der Waals surface area (Å²) >= 11 is 0. The fourth-order valence-corrected chi connectivity index (χ4v) is 3.67. The van der Waals surface area contributed by atoms with Crippen molar-refractivity contribution in [3.8, 4) is 33.9 Å². The van der Waals surface area contributed by atoms with E-state index in [1.165, 1.54) is 5.56 Å². The van der Waals surface area contributed by atoms with Crippen molar-refractivity contribution in [1.29, 1.82) is 0 Å². The molecule has 0 bridgehead atoms. The van der Waals surface area contributed by atoms with Crippen molar-refractivity contribution in [3.63, 3.8) is 0 Å². The molecule has 0 aliphatic heterocycles. The highest BCUT2D eigenvalue weighted by Crippen LogP contribution is 2.44. The smallest absolute Gasteiger partial charge is 0.161 e. The van der Waals surface area contributed by atoms with E-state index in [1.54, 1.807) is 14.2 Å². The fraction of sp³-hybridized carbons (Fsp3) is 0.190. The first-order chi connectivity index (χ1) is 12.6. The third-order valence-corrected chi connectivity index (χ3v) is 4.95. The number of anilines is 2. The monoisotopic (exact) mass is 347 g/mol. The molecule has 132 valence electrons. The number of benzene rings is 2. The van der Waals surface area contributed by atoms with E-state index >= 15 is 0 Å². The standard InChI is InChI=1S/C21H21N3O2/c1-25-16-10-8-13(11-17(16)26-2)18-15-9-7-12-5-3-4-6-14(12)20(15)24-21(23)19(18)22/h3-6,8,10-11H,7,9,22H2,1-2H3,(H2,23,24). The molecular formula is C21H21N3O2. The molecule has 1 heterocycles. The van der Waals surface area contributed by atoms with Crippen molar-refractivity contribution >= 4 is 11.5 Å². The van der Waals surface area contributed by atoms with Gasteiger partial charge in [0, 0.05) is 11.1 Å². The quantitative estimate of drug-likeness (QED) is 0.755. The van der Waals surface area contributed by atoms with Gasteiger partial charge in [0.2, 0.25) is 0 Å². The zero-order valence-electron chi connectivity index (χ0n) is 14.9. The molecule has 26 heavy (non-hydrogen) atoms. The summed E-state index contributed by atoms with van der Waals surface area (Å²) in [4.78, 5) is 4.61. The van der Waals surface area contributed by atoms with Crippen LogP contribution in [0.15, 0.2) is 42.5 Å². The lowest BCUT2D eigenvalue weighted by atomic mass is 9.84. The van der Waals surface area contributed by atoms with Gasteiger partial charge >= 0.3 is 0 Å². The molecule has 1 aliphatic rings. The van der Waals surface area contributed by atoms with Crippen molar-refractivity contribution in [2.45, 2.75) is 12.8 Å². The van der Waals surface area contributed by atoms with Crippen LogP contribution in [0.25, 0.3) is 22.4 Å². The number of nitrogens with two attached hydrogens (primary N) is 2. The van der Waals surface area contributed by atoms with Gasteiger partial charge in [-0.1, -0.05) is 30.3 Å². The maximum atomic E-state index is 6.36. The highest BCUT2D eigenvalue weighted by atomic mass is 16.5. The van der Waals surface area contributed by atoms with Gasteiger partial charge in [-0.3, -0.25) is 0 Å². The predicted octanol–water partition coefficient (Wildman–Crippen LogP) is 3.70. The van der Waals surface area contributed by atoms with Crippen LogP contribution in [0.1, 0.15) is 11.1 Å². The minimum atomic E-state index is 0.352. The van der Waals surface area contributed by atoms with Gasteiger partial charge in [0.25, 0.3) is 0 Å². The molecule has 0 unspecified atom stereocenters. The van der Waals surface area contributed by atoms with E-state index in [4.69, 9.17) is 20.9 Å². The lowest BCUT2D eigenvalue weighted by molar-refractivity contribution is 0.355. The van der Waals surface area contributed by atoms with E-state index in [9.17, 15) is 0 Å². The van der Waals surface area contributed by atoms with Crippen LogP contribution < -0.4 is 20.9 Å². The highest BCUT2D eigenvalue weighted by molar-refractivity contribution is 5.91. The number of rotatable bonds is 3. The lowest BCUT2D eigenvalue weighted by Gasteiger charge is -2.24. The molecule has 0 atom stereocenters. The number of nitrogens with zero attached hydrogens (tertiary/aromatic N) is 1. The molecular weight excluding hydrogens is 326 g/mol. The molecule has 0 radical (unpaired) electrons. The number of hydrogen-bond donors (Lipinski definition) is 2. The molecule has 5 nitrogen and oxygen atoms in total. The molecule has 2 aromatic carbocycles. The Kier molecular flexibility index (Phi) is 3.92. The second-order valence-electron chi connectivity index (χ2n) is 6.34. The van der Waals surface area contributed by atoms with Crippen molar-refractivity contribution in [2.75, 3.05) is 25.7 Å². The average molecular weight is 347 g/mol. The normalized spacial score (nSPS) is 12.2. The zero-order valence-corrected chi connectivity index (χ0v) is 14.9. The van der Waals surface area contributed by atoms with E-state index in [0.717, 1.165) is 40.8 Å². The molecule has 0 amide bonds. The van der Waals surface area contributed by atoms with Crippen LogP contribution >= 0.6 is 0 Å². The van der Waals surface area contributed by atoms with Gasteiger partial charge in [-0.25, -0.2) is 4.98 Å². The van der Waals surface area contributed by atoms with E-state index in [2.05, 4.69) is 23.2 Å². The number of aryl methyl sites for hydroxylation is 1. The summed E-state index contributed by atoms with van der Waals surface area (Å²) < 4.78 is 10.8. The number of pyridine rings is 1. The van der Waals surface area contributed by atoms with Crippen LogP contribution in [0.2, 0.25) is 0 Å². The minimum Gasteiger partial charge on any atom is -0.493 e. The first-order valence-corrected chi connectivity index (χ1v) is 8.52. The van der Waals surface area contributed by atoms with Gasteiger partial charge < -0.3 is 20.9 Å². The van der Waals surface area contributed by atoms with Crippen molar-refractivity contribution in [1.82, 2.24) is 4.98 Å². The molecule has 0 saturated carbocycles. The minimum absolute atomic E-state index is 0.352. The average Bonchev–Trinajstić information content (AvgIpc) is 2.68. The van der Waals surface area contributed by atoms with Crippen LogP contribution in [0.4, 0.5) is 11.5 Å². The highest BCUT2D eigenvalue weighted by Gasteiger charge is 2.24. The van der Waals surface area contributed by atoms with E-state index in [1.807, 2.05) is 24.3 Å². The first kappa shape index (κ1) is 16.3. The van der Waals surface area contributed by atoms with Crippen LogP contribution in [0.5, 0.6) is 11.5 Å². The molecule has 1 aromatic heterocycles. The Hall–Kier alpha value is -3.21. The molecule has 0 fully saturated rings. The summed E-state index contributed by atoms with van der Waals surface area (Å²) in [6, 6.07) is 14.1. The number of methoxy groups -OCH3 is 2. The Morgan fingerprint density at radius 3 is 2.46 bits per heavy atom. The molecule has 3 aromatic rings. The van der Waals surface area contributed by atoms with E-state index < -0.39 is 0 Å². The Morgan fingerprint density at radius 1 is 0.923 bits per heavy atom. The zero-order chi connectivity index (χ0) is 18.3. The molecule has 1 aliphatic carbocycles. The maximum Gasteiger partial charge on any atom is 0.161 e. The summed E-state index contributed by atoms with van der Waals surface area (Å²) in [6.45, 7) is 0. The lowest BCUT2D eigenvalue weighted by Crippen LogP contribution is -2.12.